The summed E-state index contributed by atoms with van der Waals surface area (Å²) in [6, 6.07) is 14.2. The normalized spacial score (nSPS) is 11.0. The molecule has 25 heavy (non-hydrogen) atoms. The van der Waals surface area contributed by atoms with Gasteiger partial charge in [-0.1, -0.05) is 18.2 Å². The topological polar surface area (TPSA) is 75.7 Å². The minimum atomic E-state index is -3.52. The van der Waals surface area contributed by atoms with Gasteiger partial charge in [-0.05, 0) is 36.8 Å². The standard InChI is InChI=1S/C18H22N2O4S/c1-14-6-4-7-15(12-14)19-18(21)10-11-20(25(3,22)23)16-8-5-9-17(13-16)24-2/h4-9,12-13H,10-11H2,1-3H3,(H,19,21). The summed E-state index contributed by atoms with van der Waals surface area (Å²) in [7, 11) is -2.01. The molecule has 0 aliphatic rings. The van der Waals surface area contributed by atoms with Crippen LogP contribution in [0.2, 0.25) is 0 Å². The fraction of sp³-hybridized carbons (Fsp3) is 0.278. The number of methoxy groups -OCH3 is 1. The summed E-state index contributed by atoms with van der Waals surface area (Å²) in [5.41, 5.74) is 2.19. The van der Waals surface area contributed by atoms with E-state index in [4.69, 9.17) is 4.74 Å². The van der Waals surface area contributed by atoms with Crippen LogP contribution in [0.5, 0.6) is 5.75 Å². The molecule has 0 atom stereocenters. The maximum absolute atomic E-state index is 12.2. The van der Waals surface area contributed by atoms with Gasteiger partial charge in [0.15, 0.2) is 0 Å². The van der Waals surface area contributed by atoms with Gasteiger partial charge in [-0.15, -0.1) is 0 Å². The number of rotatable bonds is 7. The van der Waals surface area contributed by atoms with Crippen molar-refractivity contribution >= 4 is 27.3 Å². The Balaban J connectivity index is 2.09. The summed E-state index contributed by atoms with van der Waals surface area (Å²) >= 11 is 0. The van der Waals surface area contributed by atoms with Gasteiger partial charge in [0.1, 0.15) is 5.75 Å². The third-order valence-corrected chi connectivity index (χ3v) is 4.78. The summed E-state index contributed by atoms with van der Waals surface area (Å²) in [5, 5.41) is 2.78. The van der Waals surface area contributed by atoms with Crippen LogP contribution in [0.25, 0.3) is 0 Å². The Labute approximate surface area is 148 Å². The zero-order valence-electron chi connectivity index (χ0n) is 14.5. The molecule has 134 valence electrons. The first kappa shape index (κ1) is 18.8. The first-order valence-electron chi connectivity index (χ1n) is 7.78. The van der Waals surface area contributed by atoms with Gasteiger partial charge in [0, 0.05) is 24.7 Å². The highest BCUT2D eigenvalue weighted by Crippen LogP contribution is 2.23. The van der Waals surface area contributed by atoms with Crippen molar-refractivity contribution in [2.75, 3.05) is 29.5 Å². The Bertz CT molecular complexity index is 850. The minimum Gasteiger partial charge on any atom is -0.497 e. The molecule has 1 N–H and O–H groups in total. The van der Waals surface area contributed by atoms with E-state index in [-0.39, 0.29) is 18.9 Å². The zero-order valence-corrected chi connectivity index (χ0v) is 15.3. The van der Waals surface area contributed by atoms with Crippen LogP contribution in [0.15, 0.2) is 48.5 Å². The molecule has 0 saturated heterocycles. The van der Waals surface area contributed by atoms with Crippen LogP contribution in [0.4, 0.5) is 11.4 Å². The second kappa shape index (κ2) is 8.02. The van der Waals surface area contributed by atoms with E-state index >= 15 is 0 Å². The van der Waals surface area contributed by atoms with Crippen molar-refractivity contribution in [2.45, 2.75) is 13.3 Å². The number of ether oxygens (including phenoxy) is 1. The highest BCUT2D eigenvalue weighted by molar-refractivity contribution is 7.92. The van der Waals surface area contributed by atoms with Crippen molar-refractivity contribution < 1.29 is 17.9 Å². The van der Waals surface area contributed by atoms with E-state index in [1.54, 1.807) is 30.3 Å². The lowest BCUT2D eigenvalue weighted by atomic mass is 10.2. The predicted octanol–water partition coefficient (Wildman–Crippen LogP) is 2.80. The monoisotopic (exact) mass is 362 g/mol. The molecule has 7 heteroatoms. The molecule has 0 saturated carbocycles. The number of aryl methyl sites for hydroxylation is 1. The number of carbonyl (C=O) groups excluding carboxylic acids is 1. The molecule has 0 radical (unpaired) electrons. The third-order valence-electron chi connectivity index (χ3n) is 3.59. The number of benzene rings is 2. The summed E-state index contributed by atoms with van der Waals surface area (Å²) in [5.74, 6) is 0.303. The van der Waals surface area contributed by atoms with E-state index in [9.17, 15) is 13.2 Å². The van der Waals surface area contributed by atoms with E-state index in [0.717, 1.165) is 11.8 Å². The van der Waals surface area contributed by atoms with Crippen molar-refractivity contribution in [2.24, 2.45) is 0 Å². The van der Waals surface area contributed by atoms with Crippen LogP contribution in [0.1, 0.15) is 12.0 Å². The second-order valence-electron chi connectivity index (χ2n) is 5.70. The summed E-state index contributed by atoms with van der Waals surface area (Å²) in [4.78, 5) is 12.2. The first-order valence-corrected chi connectivity index (χ1v) is 9.63. The summed E-state index contributed by atoms with van der Waals surface area (Å²) < 4.78 is 30.5. The van der Waals surface area contributed by atoms with Crippen molar-refractivity contribution in [3.05, 3.63) is 54.1 Å². The van der Waals surface area contributed by atoms with Gasteiger partial charge in [-0.25, -0.2) is 8.42 Å². The molecule has 0 aliphatic carbocycles. The number of hydrogen-bond acceptors (Lipinski definition) is 4. The predicted molar refractivity (Wildman–Crippen MR) is 99.6 cm³/mol. The van der Waals surface area contributed by atoms with Crippen molar-refractivity contribution in [1.82, 2.24) is 0 Å². The summed E-state index contributed by atoms with van der Waals surface area (Å²) in [6.45, 7) is 1.98. The maximum atomic E-state index is 12.2. The highest BCUT2D eigenvalue weighted by atomic mass is 32.2. The van der Waals surface area contributed by atoms with Gasteiger partial charge in [0.05, 0.1) is 19.1 Å². The molecule has 0 heterocycles. The largest absolute Gasteiger partial charge is 0.497 e. The van der Waals surface area contributed by atoms with Crippen LogP contribution in [0, 0.1) is 6.92 Å². The molecule has 2 rings (SSSR count). The van der Waals surface area contributed by atoms with Gasteiger partial charge < -0.3 is 10.1 Å². The number of anilines is 2. The Morgan fingerprint density at radius 1 is 1.16 bits per heavy atom. The van der Waals surface area contributed by atoms with Crippen molar-refractivity contribution in [1.29, 1.82) is 0 Å². The van der Waals surface area contributed by atoms with Crippen LogP contribution in [-0.2, 0) is 14.8 Å². The van der Waals surface area contributed by atoms with Crippen LogP contribution in [0.3, 0.4) is 0 Å². The van der Waals surface area contributed by atoms with Crippen molar-refractivity contribution in [3.8, 4) is 5.75 Å². The Morgan fingerprint density at radius 2 is 1.88 bits per heavy atom. The molecule has 0 unspecified atom stereocenters. The SMILES string of the molecule is COc1cccc(N(CCC(=O)Nc2cccc(C)c2)S(C)(=O)=O)c1. The van der Waals surface area contributed by atoms with Gasteiger partial charge in [0.2, 0.25) is 15.9 Å². The third kappa shape index (κ3) is 5.49. The molecular formula is C18H22N2O4S. The Hall–Kier alpha value is -2.54. The number of amides is 1. The number of sulfonamides is 1. The molecule has 6 nitrogen and oxygen atoms in total. The molecular weight excluding hydrogens is 340 g/mol. The molecule has 0 aliphatic heterocycles. The average Bonchev–Trinajstić information content (AvgIpc) is 2.54. The van der Waals surface area contributed by atoms with E-state index in [1.807, 2.05) is 25.1 Å². The van der Waals surface area contributed by atoms with Gasteiger partial charge in [0.25, 0.3) is 0 Å². The minimum absolute atomic E-state index is 0.0399. The van der Waals surface area contributed by atoms with Crippen molar-refractivity contribution in [3.63, 3.8) is 0 Å². The lowest BCUT2D eigenvalue weighted by Gasteiger charge is -2.22. The molecule has 0 spiro atoms. The Kier molecular flexibility index (Phi) is 6.03. The van der Waals surface area contributed by atoms with Gasteiger partial charge in [-0.2, -0.15) is 0 Å². The number of nitrogens with one attached hydrogen (secondary N) is 1. The smallest absolute Gasteiger partial charge is 0.232 e. The van der Waals surface area contributed by atoms with E-state index in [1.165, 1.54) is 11.4 Å². The fourth-order valence-electron chi connectivity index (χ4n) is 2.40. The molecule has 0 aromatic heterocycles. The van der Waals surface area contributed by atoms with E-state index in [0.29, 0.717) is 17.1 Å². The zero-order chi connectivity index (χ0) is 18.4. The quantitative estimate of drug-likeness (QED) is 0.822. The molecule has 1 amide bonds. The molecule has 2 aromatic rings. The second-order valence-corrected chi connectivity index (χ2v) is 7.61. The number of hydrogen-bond donors (Lipinski definition) is 1. The number of nitrogens with zero attached hydrogens (tertiary/aromatic N) is 1. The lowest BCUT2D eigenvalue weighted by Crippen LogP contribution is -2.33. The first-order chi connectivity index (χ1) is 11.8. The van der Waals surface area contributed by atoms with Gasteiger partial charge in [-0.3, -0.25) is 9.10 Å². The summed E-state index contributed by atoms with van der Waals surface area (Å²) in [6.07, 6.45) is 1.16. The average molecular weight is 362 g/mol. The molecule has 0 fully saturated rings. The van der Waals surface area contributed by atoms with E-state index < -0.39 is 10.0 Å². The van der Waals surface area contributed by atoms with Gasteiger partial charge >= 0.3 is 0 Å². The molecule has 0 bridgehead atoms. The molecule has 2 aromatic carbocycles. The fourth-order valence-corrected chi connectivity index (χ4v) is 3.32. The Morgan fingerprint density at radius 3 is 2.52 bits per heavy atom. The highest BCUT2D eigenvalue weighted by Gasteiger charge is 2.19. The number of carbonyl (C=O) groups is 1. The van der Waals surface area contributed by atoms with Crippen LogP contribution < -0.4 is 14.4 Å². The van der Waals surface area contributed by atoms with Crippen LogP contribution >= 0.6 is 0 Å². The van der Waals surface area contributed by atoms with E-state index in [2.05, 4.69) is 5.32 Å². The maximum Gasteiger partial charge on any atom is 0.232 e. The van der Waals surface area contributed by atoms with Crippen LogP contribution in [-0.4, -0.2) is 34.2 Å². The lowest BCUT2D eigenvalue weighted by molar-refractivity contribution is -0.116.